The molecule has 1 aromatic heterocycles. The summed E-state index contributed by atoms with van der Waals surface area (Å²) in [5, 5.41) is 0. The van der Waals surface area contributed by atoms with Crippen LogP contribution in [0.2, 0.25) is 0 Å². The summed E-state index contributed by atoms with van der Waals surface area (Å²) in [7, 11) is 1.59. The number of aromatic amines is 1. The van der Waals surface area contributed by atoms with Crippen molar-refractivity contribution in [2.24, 2.45) is 0 Å². The molecule has 0 aliphatic carbocycles. The van der Waals surface area contributed by atoms with E-state index in [9.17, 15) is 4.79 Å². The lowest BCUT2D eigenvalue weighted by Gasteiger charge is -2.07. The molecule has 6 heteroatoms. The van der Waals surface area contributed by atoms with E-state index in [4.69, 9.17) is 19.6 Å². The van der Waals surface area contributed by atoms with Crippen molar-refractivity contribution < 1.29 is 13.9 Å². The standard InChI is InChI=1S/C10H12N2O4/c1-14-2-3-15-8-5-7-9(4-6(8)11)16-10(13)12-7/h4-5H,2-3,11H2,1H3,(H,12,13). The number of ether oxygens (including phenoxy) is 2. The number of hydrogen-bond donors (Lipinski definition) is 2. The van der Waals surface area contributed by atoms with Crippen LogP contribution in [0, 0.1) is 0 Å². The number of methoxy groups -OCH3 is 1. The second-order valence-electron chi connectivity index (χ2n) is 3.24. The van der Waals surface area contributed by atoms with Crippen LogP contribution in [-0.2, 0) is 4.74 Å². The van der Waals surface area contributed by atoms with Crippen molar-refractivity contribution in [1.82, 2.24) is 4.98 Å². The number of hydrogen-bond acceptors (Lipinski definition) is 5. The van der Waals surface area contributed by atoms with Gasteiger partial charge in [0, 0.05) is 19.2 Å². The fourth-order valence-electron chi connectivity index (χ4n) is 1.35. The van der Waals surface area contributed by atoms with Gasteiger partial charge in [-0.15, -0.1) is 0 Å². The monoisotopic (exact) mass is 224 g/mol. The Balaban J connectivity index is 2.30. The van der Waals surface area contributed by atoms with Crippen LogP contribution in [0.1, 0.15) is 0 Å². The van der Waals surface area contributed by atoms with Gasteiger partial charge in [-0.2, -0.15) is 0 Å². The van der Waals surface area contributed by atoms with Gasteiger partial charge < -0.3 is 19.6 Å². The Kier molecular flexibility index (Phi) is 2.82. The maximum Gasteiger partial charge on any atom is 0.417 e. The summed E-state index contributed by atoms with van der Waals surface area (Å²) in [5.74, 6) is -0.00922. The number of nitrogens with two attached hydrogens (primary N) is 1. The highest BCUT2D eigenvalue weighted by Gasteiger charge is 2.07. The largest absolute Gasteiger partial charge is 0.489 e. The molecule has 86 valence electrons. The van der Waals surface area contributed by atoms with E-state index in [1.807, 2.05) is 0 Å². The molecule has 6 nitrogen and oxygen atoms in total. The predicted octanol–water partition coefficient (Wildman–Crippen LogP) is 0.729. The summed E-state index contributed by atoms with van der Waals surface area (Å²) in [5.41, 5.74) is 7.14. The zero-order valence-electron chi connectivity index (χ0n) is 8.78. The number of oxazole rings is 1. The number of rotatable bonds is 4. The number of benzene rings is 1. The first kappa shape index (κ1) is 10.6. The average Bonchev–Trinajstić information content (AvgIpc) is 2.58. The van der Waals surface area contributed by atoms with E-state index in [0.29, 0.717) is 35.8 Å². The van der Waals surface area contributed by atoms with Crippen molar-refractivity contribution in [3.63, 3.8) is 0 Å². The lowest BCUT2D eigenvalue weighted by molar-refractivity contribution is 0.147. The number of aromatic nitrogens is 1. The molecule has 0 amide bonds. The first-order valence-electron chi connectivity index (χ1n) is 4.75. The van der Waals surface area contributed by atoms with Gasteiger partial charge in [0.1, 0.15) is 12.4 Å². The van der Waals surface area contributed by atoms with Crippen LogP contribution in [0.15, 0.2) is 21.3 Å². The van der Waals surface area contributed by atoms with Gasteiger partial charge in [0.2, 0.25) is 0 Å². The summed E-state index contributed by atoms with van der Waals surface area (Å²) in [6, 6.07) is 3.18. The van der Waals surface area contributed by atoms with Crippen molar-refractivity contribution in [1.29, 1.82) is 0 Å². The molecule has 2 aromatic rings. The van der Waals surface area contributed by atoms with E-state index in [-0.39, 0.29) is 0 Å². The summed E-state index contributed by atoms with van der Waals surface area (Å²) >= 11 is 0. The molecule has 0 saturated carbocycles. The smallest absolute Gasteiger partial charge is 0.417 e. The third-order valence-corrected chi connectivity index (χ3v) is 2.10. The Morgan fingerprint density at radius 1 is 1.44 bits per heavy atom. The number of anilines is 1. The molecule has 0 atom stereocenters. The zero-order valence-corrected chi connectivity index (χ0v) is 8.78. The molecule has 3 N–H and O–H groups in total. The van der Waals surface area contributed by atoms with Crippen molar-refractivity contribution in [3.05, 3.63) is 22.7 Å². The van der Waals surface area contributed by atoms with Crippen LogP contribution in [0.4, 0.5) is 5.69 Å². The molecule has 0 bridgehead atoms. The Morgan fingerprint density at radius 3 is 3.00 bits per heavy atom. The van der Waals surface area contributed by atoms with Crippen LogP contribution in [0.5, 0.6) is 5.75 Å². The number of nitrogen functional groups attached to an aromatic ring is 1. The maximum absolute atomic E-state index is 10.9. The molecule has 0 radical (unpaired) electrons. The molecule has 2 rings (SSSR count). The van der Waals surface area contributed by atoms with Crippen LogP contribution < -0.4 is 16.2 Å². The third kappa shape index (κ3) is 2.01. The molecular weight excluding hydrogens is 212 g/mol. The predicted molar refractivity (Wildman–Crippen MR) is 58.6 cm³/mol. The number of nitrogens with one attached hydrogen (secondary N) is 1. The molecule has 0 fully saturated rings. The van der Waals surface area contributed by atoms with Gasteiger partial charge in [0.25, 0.3) is 0 Å². The summed E-state index contributed by atoms with van der Waals surface area (Å²) in [6.07, 6.45) is 0. The first-order valence-corrected chi connectivity index (χ1v) is 4.75. The van der Waals surface area contributed by atoms with Gasteiger partial charge >= 0.3 is 5.76 Å². The lowest BCUT2D eigenvalue weighted by atomic mass is 10.2. The van der Waals surface area contributed by atoms with Gasteiger partial charge in [-0.25, -0.2) is 4.79 Å². The van der Waals surface area contributed by atoms with E-state index in [1.165, 1.54) is 0 Å². The van der Waals surface area contributed by atoms with Crippen LogP contribution in [-0.4, -0.2) is 25.3 Å². The van der Waals surface area contributed by atoms with E-state index >= 15 is 0 Å². The van der Waals surface area contributed by atoms with Crippen LogP contribution in [0.25, 0.3) is 11.1 Å². The van der Waals surface area contributed by atoms with E-state index in [0.717, 1.165) is 0 Å². The summed E-state index contributed by atoms with van der Waals surface area (Å²) in [6.45, 7) is 0.869. The molecular formula is C10H12N2O4. The SMILES string of the molecule is COCCOc1cc2[nH]c(=O)oc2cc1N. The van der Waals surface area contributed by atoms with Crippen LogP contribution >= 0.6 is 0 Å². The van der Waals surface area contributed by atoms with Crippen LogP contribution in [0.3, 0.4) is 0 Å². The van der Waals surface area contributed by atoms with E-state index in [1.54, 1.807) is 19.2 Å². The molecule has 1 aromatic carbocycles. The normalized spacial score (nSPS) is 10.8. The number of fused-ring (bicyclic) bond motifs is 1. The van der Waals surface area contributed by atoms with Crippen molar-refractivity contribution in [2.45, 2.75) is 0 Å². The average molecular weight is 224 g/mol. The lowest BCUT2D eigenvalue weighted by Crippen LogP contribution is -2.05. The van der Waals surface area contributed by atoms with Gasteiger partial charge in [0.15, 0.2) is 5.58 Å². The quantitative estimate of drug-likeness (QED) is 0.590. The number of H-pyrrole nitrogens is 1. The van der Waals surface area contributed by atoms with Crippen molar-refractivity contribution in [2.75, 3.05) is 26.1 Å². The Bertz CT molecular complexity index is 543. The Morgan fingerprint density at radius 2 is 2.25 bits per heavy atom. The Labute approximate surface area is 91.0 Å². The molecule has 16 heavy (non-hydrogen) atoms. The summed E-state index contributed by atoms with van der Waals surface area (Å²) < 4.78 is 15.1. The fourth-order valence-corrected chi connectivity index (χ4v) is 1.35. The maximum atomic E-state index is 10.9. The van der Waals surface area contributed by atoms with Gasteiger partial charge in [-0.1, -0.05) is 0 Å². The van der Waals surface area contributed by atoms with Gasteiger partial charge in [-0.05, 0) is 0 Å². The van der Waals surface area contributed by atoms with Gasteiger partial charge in [-0.3, -0.25) is 4.98 Å². The molecule has 1 heterocycles. The molecule has 0 saturated heterocycles. The second kappa shape index (κ2) is 4.28. The highest BCUT2D eigenvalue weighted by Crippen LogP contribution is 2.26. The second-order valence-corrected chi connectivity index (χ2v) is 3.24. The molecule has 0 aliphatic rings. The van der Waals surface area contributed by atoms with Crippen molar-refractivity contribution >= 4 is 16.8 Å². The van der Waals surface area contributed by atoms with Gasteiger partial charge in [0.05, 0.1) is 17.8 Å². The Hall–Kier alpha value is -1.95. The highest BCUT2D eigenvalue weighted by atomic mass is 16.5. The minimum Gasteiger partial charge on any atom is -0.489 e. The molecule has 0 unspecified atom stereocenters. The fraction of sp³-hybridized carbons (Fsp3) is 0.300. The molecule has 0 spiro atoms. The van der Waals surface area contributed by atoms with E-state index in [2.05, 4.69) is 4.98 Å². The molecule has 0 aliphatic heterocycles. The third-order valence-electron chi connectivity index (χ3n) is 2.10. The first-order chi connectivity index (χ1) is 7.70. The zero-order chi connectivity index (χ0) is 11.5. The summed E-state index contributed by atoms with van der Waals surface area (Å²) in [4.78, 5) is 13.5. The van der Waals surface area contributed by atoms with E-state index < -0.39 is 5.76 Å². The highest BCUT2D eigenvalue weighted by molar-refractivity contribution is 5.80. The minimum atomic E-state index is -0.511. The topological polar surface area (TPSA) is 90.5 Å². The van der Waals surface area contributed by atoms with Crippen molar-refractivity contribution in [3.8, 4) is 5.75 Å². The minimum absolute atomic E-state index is 0.397.